The summed E-state index contributed by atoms with van der Waals surface area (Å²) in [5, 5.41) is 3.23. The Kier molecular flexibility index (Phi) is 3.22. The van der Waals surface area contributed by atoms with Crippen LogP contribution in [0.15, 0.2) is 30.3 Å². The van der Waals surface area contributed by atoms with Crippen LogP contribution in [0.2, 0.25) is 0 Å². The summed E-state index contributed by atoms with van der Waals surface area (Å²) < 4.78 is 18.5. The number of hydrogen-bond acceptors (Lipinski definition) is 3. The number of nitrogens with one attached hydrogen (secondary N) is 1. The SMILES string of the molecule is COc1cc(Nc2ccc3c(c2)CCC3)c(N)cc1F. The molecule has 3 rings (SSSR count). The van der Waals surface area contributed by atoms with Gasteiger partial charge < -0.3 is 15.8 Å². The topological polar surface area (TPSA) is 47.3 Å². The molecule has 0 bridgehead atoms. The molecule has 3 N–H and O–H groups in total. The van der Waals surface area contributed by atoms with Crippen LogP contribution in [-0.2, 0) is 12.8 Å². The number of halogens is 1. The van der Waals surface area contributed by atoms with Gasteiger partial charge in [0.1, 0.15) is 0 Å². The zero-order valence-electron chi connectivity index (χ0n) is 11.4. The number of benzene rings is 2. The highest BCUT2D eigenvalue weighted by Gasteiger charge is 2.12. The van der Waals surface area contributed by atoms with E-state index < -0.39 is 5.82 Å². The van der Waals surface area contributed by atoms with Crippen LogP contribution in [0.3, 0.4) is 0 Å². The smallest absolute Gasteiger partial charge is 0.167 e. The van der Waals surface area contributed by atoms with Crippen molar-refractivity contribution in [3.63, 3.8) is 0 Å². The lowest BCUT2D eigenvalue weighted by molar-refractivity contribution is 0.387. The van der Waals surface area contributed by atoms with Gasteiger partial charge in [-0.05, 0) is 42.5 Å². The lowest BCUT2D eigenvalue weighted by atomic mass is 10.1. The van der Waals surface area contributed by atoms with E-state index in [0.29, 0.717) is 11.4 Å². The van der Waals surface area contributed by atoms with Gasteiger partial charge in [-0.2, -0.15) is 0 Å². The Morgan fingerprint density at radius 3 is 2.75 bits per heavy atom. The first-order valence-corrected chi connectivity index (χ1v) is 6.69. The van der Waals surface area contributed by atoms with Gasteiger partial charge in [0.15, 0.2) is 11.6 Å². The van der Waals surface area contributed by atoms with E-state index in [1.54, 1.807) is 6.07 Å². The van der Waals surface area contributed by atoms with Gasteiger partial charge in [-0.15, -0.1) is 0 Å². The fourth-order valence-electron chi connectivity index (χ4n) is 2.64. The molecule has 4 heteroatoms. The molecular weight excluding hydrogens is 255 g/mol. The molecule has 0 atom stereocenters. The minimum absolute atomic E-state index is 0.183. The van der Waals surface area contributed by atoms with Gasteiger partial charge >= 0.3 is 0 Å². The second-order valence-corrected chi connectivity index (χ2v) is 5.04. The van der Waals surface area contributed by atoms with Crippen LogP contribution < -0.4 is 15.8 Å². The average molecular weight is 272 g/mol. The molecule has 2 aromatic rings. The molecule has 0 aliphatic heterocycles. The highest BCUT2D eigenvalue weighted by molar-refractivity contribution is 5.74. The van der Waals surface area contributed by atoms with Gasteiger partial charge in [-0.25, -0.2) is 4.39 Å². The number of rotatable bonds is 3. The van der Waals surface area contributed by atoms with Gasteiger partial charge in [0, 0.05) is 17.8 Å². The summed E-state index contributed by atoms with van der Waals surface area (Å²) in [7, 11) is 1.44. The van der Waals surface area contributed by atoms with Gasteiger partial charge in [-0.3, -0.25) is 0 Å². The normalized spacial score (nSPS) is 13.1. The summed E-state index contributed by atoms with van der Waals surface area (Å²) in [6, 6.07) is 9.16. The monoisotopic (exact) mass is 272 g/mol. The average Bonchev–Trinajstić information content (AvgIpc) is 2.89. The van der Waals surface area contributed by atoms with E-state index in [-0.39, 0.29) is 5.75 Å². The molecule has 0 amide bonds. The van der Waals surface area contributed by atoms with Crippen LogP contribution in [0, 0.1) is 5.82 Å². The quantitative estimate of drug-likeness (QED) is 0.838. The summed E-state index contributed by atoms with van der Waals surface area (Å²) in [4.78, 5) is 0. The van der Waals surface area contributed by atoms with Crippen molar-refractivity contribution >= 4 is 17.1 Å². The van der Waals surface area contributed by atoms with Crippen molar-refractivity contribution in [2.45, 2.75) is 19.3 Å². The van der Waals surface area contributed by atoms with Crippen molar-refractivity contribution in [2.75, 3.05) is 18.2 Å². The lowest BCUT2D eigenvalue weighted by Crippen LogP contribution is -1.99. The first-order chi connectivity index (χ1) is 9.67. The summed E-state index contributed by atoms with van der Waals surface area (Å²) in [5.74, 6) is -0.271. The number of anilines is 3. The molecule has 2 aromatic carbocycles. The molecule has 0 radical (unpaired) electrons. The number of methoxy groups -OCH3 is 1. The zero-order chi connectivity index (χ0) is 14.1. The highest BCUT2D eigenvalue weighted by atomic mass is 19.1. The molecule has 0 aromatic heterocycles. The molecule has 0 spiro atoms. The van der Waals surface area contributed by atoms with Crippen LogP contribution in [0.25, 0.3) is 0 Å². The van der Waals surface area contributed by atoms with Crippen LogP contribution >= 0.6 is 0 Å². The molecule has 0 heterocycles. The van der Waals surface area contributed by atoms with Crippen molar-refractivity contribution < 1.29 is 9.13 Å². The minimum Gasteiger partial charge on any atom is -0.494 e. The van der Waals surface area contributed by atoms with Crippen molar-refractivity contribution in [3.8, 4) is 5.75 Å². The van der Waals surface area contributed by atoms with Crippen LogP contribution in [-0.4, -0.2) is 7.11 Å². The molecule has 20 heavy (non-hydrogen) atoms. The van der Waals surface area contributed by atoms with Gasteiger partial charge in [0.2, 0.25) is 0 Å². The first kappa shape index (κ1) is 12.8. The third-order valence-corrected chi connectivity index (χ3v) is 3.70. The number of aryl methyl sites for hydroxylation is 2. The molecular formula is C16H17FN2O. The Balaban J connectivity index is 1.91. The molecule has 0 saturated heterocycles. The fraction of sp³-hybridized carbons (Fsp3) is 0.250. The van der Waals surface area contributed by atoms with Crippen molar-refractivity contribution in [2.24, 2.45) is 0 Å². The number of fused-ring (bicyclic) bond motifs is 1. The fourth-order valence-corrected chi connectivity index (χ4v) is 2.64. The third kappa shape index (κ3) is 2.29. The Bertz CT molecular complexity index is 655. The maximum Gasteiger partial charge on any atom is 0.167 e. The van der Waals surface area contributed by atoms with E-state index in [2.05, 4.69) is 17.4 Å². The van der Waals surface area contributed by atoms with Crippen LogP contribution in [0.5, 0.6) is 5.75 Å². The van der Waals surface area contributed by atoms with E-state index in [9.17, 15) is 4.39 Å². The van der Waals surface area contributed by atoms with Gasteiger partial charge in [0.25, 0.3) is 0 Å². The molecule has 1 aliphatic rings. The molecule has 1 aliphatic carbocycles. The summed E-state index contributed by atoms with van der Waals surface area (Å²) in [6.07, 6.45) is 3.49. The Labute approximate surface area is 117 Å². The first-order valence-electron chi connectivity index (χ1n) is 6.69. The van der Waals surface area contributed by atoms with E-state index in [4.69, 9.17) is 10.5 Å². The van der Waals surface area contributed by atoms with Crippen molar-refractivity contribution in [3.05, 3.63) is 47.3 Å². The number of nitrogens with two attached hydrogens (primary N) is 1. The summed E-state index contributed by atoms with van der Waals surface area (Å²) in [5.41, 5.74) is 10.6. The molecule has 0 saturated carbocycles. The van der Waals surface area contributed by atoms with E-state index in [1.165, 1.54) is 30.7 Å². The summed E-state index contributed by atoms with van der Waals surface area (Å²) in [6.45, 7) is 0. The van der Waals surface area contributed by atoms with E-state index in [1.807, 2.05) is 6.07 Å². The molecule has 104 valence electrons. The minimum atomic E-state index is -0.454. The number of nitrogen functional groups attached to an aromatic ring is 1. The Morgan fingerprint density at radius 2 is 1.95 bits per heavy atom. The zero-order valence-corrected chi connectivity index (χ0v) is 11.4. The predicted molar refractivity (Wildman–Crippen MR) is 79.1 cm³/mol. The van der Waals surface area contributed by atoms with Crippen molar-refractivity contribution in [1.29, 1.82) is 0 Å². The second kappa shape index (κ2) is 5.04. The third-order valence-electron chi connectivity index (χ3n) is 3.70. The maximum absolute atomic E-state index is 13.5. The lowest BCUT2D eigenvalue weighted by Gasteiger charge is -2.13. The van der Waals surface area contributed by atoms with E-state index in [0.717, 1.165) is 18.5 Å². The van der Waals surface area contributed by atoms with Crippen LogP contribution in [0.4, 0.5) is 21.5 Å². The standard InChI is InChI=1S/C16H17FN2O/c1-20-16-9-15(14(18)8-13(16)17)19-12-6-5-10-3-2-4-11(10)7-12/h5-9,19H,2-4,18H2,1H3. The van der Waals surface area contributed by atoms with E-state index >= 15 is 0 Å². The molecule has 0 fully saturated rings. The van der Waals surface area contributed by atoms with Gasteiger partial charge in [-0.1, -0.05) is 6.07 Å². The van der Waals surface area contributed by atoms with Gasteiger partial charge in [0.05, 0.1) is 18.5 Å². The largest absolute Gasteiger partial charge is 0.494 e. The molecule has 3 nitrogen and oxygen atoms in total. The Morgan fingerprint density at radius 1 is 1.15 bits per heavy atom. The number of ether oxygens (including phenoxy) is 1. The highest BCUT2D eigenvalue weighted by Crippen LogP contribution is 2.32. The van der Waals surface area contributed by atoms with Crippen molar-refractivity contribution in [1.82, 2.24) is 0 Å². The Hall–Kier alpha value is -2.23. The second-order valence-electron chi connectivity index (χ2n) is 5.04. The van der Waals surface area contributed by atoms with Crippen LogP contribution in [0.1, 0.15) is 17.5 Å². The number of hydrogen-bond donors (Lipinski definition) is 2. The maximum atomic E-state index is 13.5. The molecule has 0 unspecified atom stereocenters. The predicted octanol–water partition coefficient (Wildman–Crippen LogP) is 3.65. The summed E-state index contributed by atoms with van der Waals surface area (Å²) >= 11 is 0.